The minimum absolute atomic E-state index is 0.222. The lowest BCUT2D eigenvalue weighted by atomic mass is 10.0. The van der Waals surface area contributed by atoms with E-state index in [1.54, 1.807) is 24.3 Å². The number of amides is 1. The fraction of sp³-hybridized carbons (Fsp3) is 0.316. The van der Waals surface area contributed by atoms with Gasteiger partial charge in [0.15, 0.2) is 5.76 Å². The van der Waals surface area contributed by atoms with Crippen LogP contribution in [0.2, 0.25) is 5.02 Å². The number of nitrogens with zero attached hydrogens (tertiary/aromatic N) is 2. The molecule has 0 bridgehead atoms. The number of carbonyl (C=O) groups excluding carboxylic acids is 2. The highest BCUT2D eigenvalue weighted by molar-refractivity contribution is 6.30. The number of carbonyl (C=O) groups is 2. The summed E-state index contributed by atoms with van der Waals surface area (Å²) in [4.78, 5) is 39.7. The molecule has 1 aliphatic heterocycles. The van der Waals surface area contributed by atoms with Crippen molar-refractivity contribution in [1.29, 1.82) is 0 Å². The lowest BCUT2D eigenvalue weighted by molar-refractivity contribution is -0.148. The van der Waals surface area contributed by atoms with Crippen LogP contribution < -0.4 is 5.63 Å². The standard InChI is InChI=1S/C19H19ClN2O6/c1-27-19(26)17(12-2-4-13(20)5-3-12)21-6-8-22(9-7-21)18(25)15-10-14(23)11-16(24)28-15/h2-5,10-11,17,23H,6-9H2,1H3/t17-/m0/s1. The Morgan fingerprint density at radius 3 is 2.36 bits per heavy atom. The van der Waals surface area contributed by atoms with Crippen molar-refractivity contribution in [3.05, 3.63) is 63.2 Å². The predicted octanol–water partition coefficient (Wildman–Crippen LogP) is 1.67. The Bertz CT molecular complexity index is 919. The van der Waals surface area contributed by atoms with Gasteiger partial charge in [0.2, 0.25) is 0 Å². The van der Waals surface area contributed by atoms with Gasteiger partial charge in [0, 0.05) is 37.3 Å². The molecule has 2 heterocycles. The first kappa shape index (κ1) is 19.9. The average Bonchev–Trinajstić information content (AvgIpc) is 2.68. The van der Waals surface area contributed by atoms with Crippen LogP contribution in [0.4, 0.5) is 0 Å². The molecule has 1 aromatic heterocycles. The Morgan fingerprint density at radius 2 is 1.79 bits per heavy atom. The van der Waals surface area contributed by atoms with Crippen LogP contribution in [-0.2, 0) is 9.53 Å². The maximum Gasteiger partial charge on any atom is 0.340 e. The van der Waals surface area contributed by atoms with Crippen molar-refractivity contribution in [2.75, 3.05) is 33.3 Å². The van der Waals surface area contributed by atoms with E-state index in [1.807, 2.05) is 4.90 Å². The molecule has 148 valence electrons. The zero-order valence-electron chi connectivity index (χ0n) is 15.1. The van der Waals surface area contributed by atoms with Crippen LogP contribution >= 0.6 is 11.6 Å². The van der Waals surface area contributed by atoms with Crippen molar-refractivity contribution in [2.45, 2.75) is 6.04 Å². The quantitative estimate of drug-likeness (QED) is 0.771. The number of methoxy groups -OCH3 is 1. The van der Waals surface area contributed by atoms with Gasteiger partial charge in [-0.1, -0.05) is 23.7 Å². The second-order valence-corrected chi connectivity index (χ2v) is 6.74. The summed E-state index contributed by atoms with van der Waals surface area (Å²) < 4.78 is 9.83. The van der Waals surface area contributed by atoms with Gasteiger partial charge >= 0.3 is 11.6 Å². The summed E-state index contributed by atoms with van der Waals surface area (Å²) in [6.45, 7) is 1.47. The molecule has 28 heavy (non-hydrogen) atoms. The van der Waals surface area contributed by atoms with E-state index in [-0.39, 0.29) is 11.5 Å². The van der Waals surface area contributed by atoms with E-state index in [4.69, 9.17) is 20.8 Å². The lowest BCUT2D eigenvalue weighted by Gasteiger charge is -2.38. The summed E-state index contributed by atoms with van der Waals surface area (Å²) >= 11 is 5.93. The predicted molar refractivity (Wildman–Crippen MR) is 100 cm³/mol. The first-order chi connectivity index (χ1) is 13.4. The summed E-state index contributed by atoms with van der Waals surface area (Å²) in [5.41, 5.74) is -0.0505. The number of piperazine rings is 1. The van der Waals surface area contributed by atoms with E-state index in [0.29, 0.717) is 31.2 Å². The Kier molecular flexibility index (Phi) is 6.01. The Morgan fingerprint density at radius 1 is 1.14 bits per heavy atom. The third-order valence-electron chi connectivity index (χ3n) is 4.54. The molecule has 1 aromatic carbocycles. The van der Waals surface area contributed by atoms with E-state index in [9.17, 15) is 19.5 Å². The number of hydrogen-bond acceptors (Lipinski definition) is 7. The van der Waals surface area contributed by atoms with Gasteiger partial charge in [-0.15, -0.1) is 0 Å². The number of halogens is 1. The fourth-order valence-corrected chi connectivity index (χ4v) is 3.29. The van der Waals surface area contributed by atoms with E-state index in [1.165, 1.54) is 12.0 Å². The molecule has 0 saturated carbocycles. The van der Waals surface area contributed by atoms with Gasteiger partial charge in [-0.25, -0.2) is 9.59 Å². The van der Waals surface area contributed by atoms with E-state index in [0.717, 1.165) is 17.7 Å². The Hall–Kier alpha value is -2.84. The first-order valence-corrected chi connectivity index (χ1v) is 8.97. The summed E-state index contributed by atoms with van der Waals surface area (Å²) in [5, 5.41) is 10.1. The highest BCUT2D eigenvalue weighted by Gasteiger charge is 2.33. The van der Waals surface area contributed by atoms with Crippen LogP contribution in [0.25, 0.3) is 0 Å². The molecule has 3 rings (SSSR count). The zero-order valence-corrected chi connectivity index (χ0v) is 15.9. The molecule has 1 atom stereocenters. The van der Waals surface area contributed by atoms with E-state index < -0.39 is 23.5 Å². The molecular weight excluding hydrogens is 388 g/mol. The molecule has 1 amide bonds. The minimum Gasteiger partial charge on any atom is -0.508 e. The molecule has 1 fully saturated rings. The first-order valence-electron chi connectivity index (χ1n) is 8.60. The molecule has 1 N–H and O–H groups in total. The number of hydrogen-bond donors (Lipinski definition) is 1. The third kappa shape index (κ3) is 4.35. The van der Waals surface area contributed by atoms with Gasteiger partial charge in [-0.05, 0) is 17.7 Å². The van der Waals surface area contributed by atoms with Gasteiger partial charge in [0.1, 0.15) is 11.8 Å². The molecule has 1 saturated heterocycles. The van der Waals surface area contributed by atoms with Gasteiger partial charge in [-0.3, -0.25) is 9.69 Å². The molecule has 0 spiro atoms. The molecule has 9 heteroatoms. The number of benzene rings is 1. The maximum atomic E-state index is 12.5. The second kappa shape index (κ2) is 8.45. The van der Waals surface area contributed by atoms with E-state index in [2.05, 4.69) is 0 Å². The molecule has 0 aliphatic carbocycles. The molecule has 1 aliphatic rings. The zero-order chi connectivity index (χ0) is 20.3. The third-order valence-corrected chi connectivity index (χ3v) is 4.79. The second-order valence-electron chi connectivity index (χ2n) is 6.30. The number of esters is 1. The van der Waals surface area contributed by atoms with Crippen LogP contribution in [0, 0.1) is 0 Å². The van der Waals surface area contributed by atoms with Crippen molar-refractivity contribution in [2.24, 2.45) is 0 Å². The van der Waals surface area contributed by atoms with Gasteiger partial charge in [0.05, 0.1) is 13.2 Å². The molecular formula is C19H19ClN2O6. The monoisotopic (exact) mass is 406 g/mol. The maximum absolute atomic E-state index is 12.5. The Labute approximate surface area is 165 Å². The SMILES string of the molecule is COC(=O)[C@H](c1ccc(Cl)cc1)N1CCN(C(=O)c2cc(O)cc(=O)o2)CC1. The highest BCUT2D eigenvalue weighted by Crippen LogP contribution is 2.25. The van der Waals surface area contributed by atoms with E-state index >= 15 is 0 Å². The minimum atomic E-state index is -0.796. The number of aromatic hydroxyl groups is 1. The lowest BCUT2D eigenvalue weighted by Crippen LogP contribution is -2.51. The van der Waals surface area contributed by atoms with Crippen LogP contribution in [0.3, 0.4) is 0 Å². The normalized spacial score (nSPS) is 15.9. The molecule has 8 nitrogen and oxygen atoms in total. The van der Waals surface area contributed by atoms with Crippen molar-refractivity contribution in [3.8, 4) is 5.75 Å². The van der Waals surface area contributed by atoms with Crippen LogP contribution in [0.5, 0.6) is 5.75 Å². The van der Waals surface area contributed by atoms with Crippen LogP contribution in [-0.4, -0.2) is 60.1 Å². The summed E-state index contributed by atoms with van der Waals surface area (Å²) in [7, 11) is 1.33. The van der Waals surface area contributed by atoms with Gasteiger partial charge in [-0.2, -0.15) is 0 Å². The van der Waals surface area contributed by atoms with Gasteiger partial charge < -0.3 is 19.2 Å². The van der Waals surface area contributed by atoms with Crippen LogP contribution in [0.1, 0.15) is 22.2 Å². The number of rotatable bonds is 4. The summed E-state index contributed by atoms with van der Waals surface area (Å²) in [5.74, 6) is -1.44. The van der Waals surface area contributed by atoms with Crippen molar-refractivity contribution >= 4 is 23.5 Å². The highest BCUT2D eigenvalue weighted by atomic mass is 35.5. The van der Waals surface area contributed by atoms with Crippen molar-refractivity contribution in [3.63, 3.8) is 0 Å². The molecule has 0 radical (unpaired) electrons. The topological polar surface area (TPSA) is 100 Å². The number of ether oxygens (including phenoxy) is 1. The molecule has 0 unspecified atom stereocenters. The summed E-state index contributed by atoms with van der Waals surface area (Å²) in [6.07, 6.45) is 0. The van der Waals surface area contributed by atoms with Crippen LogP contribution in [0.15, 0.2) is 45.6 Å². The smallest absolute Gasteiger partial charge is 0.340 e. The van der Waals surface area contributed by atoms with Crippen molar-refractivity contribution in [1.82, 2.24) is 9.80 Å². The van der Waals surface area contributed by atoms with Crippen molar-refractivity contribution < 1.29 is 23.8 Å². The average molecular weight is 407 g/mol. The molecule has 2 aromatic rings. The van der Waals surface area contributed by atoms with Gasteiger partial charge in [0.25, 0.3) is 5.91 Å². The largest absolute Gasteiger partial charge is 0.508 e. The summed E-state index contributed by atoms with van der Waals surface area (Å²) in [6, 6.07) is 8.33. The fourth-order valence-electron chi connectivity index (χ4n) is 3.16. The Balaban J connectivity index is 1.73.